The molecule has 11 aromatic rings. The molecule has 17 heteroatoms. The minimum Gasteiger partial charge on any atom is -0.506 e. The predicted molar refractivity (Wildman–Crippen MR) is 284 cm³/mol. The van der Waals surface area contributed by atoms with E-state index in [1.807, 2.05) is 149 Å². The number of carboxylic acids is 1. The Balaban J connectivity index is 0.000000146. The normalized spacial score (nSPS) is 10.3. The Hall–Kier alpha value is -7.08. The standard InChI is InChI=1S/C14H10N4O3S2.C10H8O2.C9H8OS.C9H8O.C6H8O.C5H5ClS/c19-11(12-2-1-7-22-12)8-23-14-15-16-17-18(14)10-5-3-9(4-6-10)13(20)21;1-7-6-8-4-2-3-5-9(8)12-10(7)11;1-6-9(10)7-4-2-3-5-8(7)11-6;1-7-6-8-4-2-3-5-9(8)10-7;1-5-3-4-6(2)7-5;1-4-2-3-5(6)7-4/h1-7H,8H2,(H,20,21);2-6H,1H3;2-5,10H,1H3;2-6H,1H3;3-4H,1-2H3;2-3H,1H3. The molecule has 7 aromatic heterocycles. The molecule has 12 nitrogen and oxygen atoms in total. The highest BCUT2D eigenvalue weighted by Crippen LogP contribution is 2.35. The molecule has 0 fully saturated rings. The lowest BCUT2D eigenvalue weighted by molar-refractivity contribution is 0.0696. The zero-order chi connectivity index (χ0) is 50.2. The molecule has 0 saturated carbocycles. The number of rotatable bonds is 6. The van der Waals surface area contributed by atoms with Gasteiger partial charge < -0.3 is 23.5 Å². The van der Waals surface area contributed by atoms with Gasteiger partial charge in [-0.05, 0) is 148 Å². The van der Waals surface area contributed by atoms with E-state index in [9.17, 15) is 19.5 Å². The Morgan fingerprint density at radius 3 is 1.90 bits per heavy atom. The molecule has 0 aliphatic carbocycles. The Morgan fingerprint density at radius 2 is 1.34 bits per heavy atom. The highest BCUT2D eigenvalue weighted by atomic mass is 35.5. The number of carbonyl (C=O) groups is 2. The van der Waals surface area contributed by atoms with Crippen LogP contribution in [0.4, 0.5) is 0 Å². The largest absolute Gasteiger partial charge is 0.506 e. The Bertz CT molecular complexity index is 3370. The number of hydrogen-bond donors (Lipinski definition) is 2. The minimum atomic E-state index is -0.996. The fourth-order valence-electron chi connectivity index (χ4n) is 6.21. The summed E-state index contributed by atoms with van der Waals surface area (Å²) in [6.07, 6.45) is 0. The van der Waals surface area contributed by atoms with E-state index in [0.29, 0.717) is 32.6 Å². The number of hydrogen-bond acceptors (Lipinski definition) is 14. The van der Waals surface area contributed by atoms with Crippen LogP contribution in [0.15, 0.2) is 174 Å². The third kappa shape index (κ3) is 15.2. The van der Waals surface area contributed by atoms with Gasteiger partial charge in [0.05, 0.1) is 26.2 Å². The fraction of sp³-hybridized carbons (Fsp3) is 0.132. The van der Waals surface area contributed by atoms with Gasteiger partial charge in [-0.3, -0.25) is 4.79 Å². The maximum absolute atomic E-state index is 12.0. The SMILES string of the molecule is Cc1cc2ccccc2o1.Cc1cc2ccccc2oc1=O.Cc1ccc(C)o1.Cc1ccc(Cl)s1.Cc1sc2ccccc2c1O.O=C(O)c1ccc(-n2nnnc2SCC(=O)c2cccs2)cc1. The second-order valence-electron chi connectivity index (χ2n) is 15.1. The zero-order valence-electron chi connectivity index (χ0n) is 38.8. The lowest BCUT2D eigenvalue weighted by Crippen LogP contribution is -2.04. The van der Waals surface area contributed by atoms with Crippen LogP contribution in [0.5, 0.6) is 5.75 Å². The van der Waals surface area contributed by atoms with Crippen molar-refractivity contribution in [3.05, 3.63) is 209 Å². The number of benzene rings is 4. The molecular formula is C53H47ClN4O8S4. The van der Waals surface area contributed by atoms with Crippen molar-refractivity contribution in [2.45, 2.75) is 46.7 Å². The van der Waals surface area contributed by atoms with Gasteiger partial charge in [-0.25, -0.2) is 9.59 Å². The van der Waals surface area contributed by atoms with Gasteiger partial charge in [-0.1, -0.05) is 78.0 Å². The second-order valence-corrected chi connectivity index (χ2v) is 20.1. The maximum Gasteiger partial charge on any atom is 0.339 e. The Labute approximate surface area is 424 Å². The number of thioether (sulfide) groups is 1. The van der Waals surface area contributed by atoms with Gasteiger partial charge in [-0.15, -0.1) is 39.1 Å². The first-order valence-corrected chi connectivity index (χ1v) is 25.2. The number of Topliss-reactive ketones (excluding diaryl/α,β-unsaturated/α-hetero) is 1. The van der Waals surface area contributed by atoms with Crippen LogP contribution in [0, 0.1) is 41.5 Å². The third-order valence-electron chi connectivity index (χ3n) is 9.61. The van der Waals surface area contributed by atoms with E-state index >= 15 is 0 Å². The van der Waals surface area contributed by atoms with Crippen LogP contribution in [0.3, 0.4) is 0 Å². The van der Waals surface area contributed by atoms with Crippen molar-refractivity contribution >= 4 is 101 Å². The summed E-state index contributed by atoms with van der Waals surface area (Å²) in [7, 11) is 0. The monoisotopic (exact) mass is 1030 g/mol. The van der Waals surface area contributed by atoms with Crippen molar-refractivity contribution in [3.63, 3.8) is 0 Å². The van der Waals surface area contributed by atoms with Crippen LogP contribution < -0.4 is 5.63 Å². The second kappa shape index (κ2) is 25.5. The van der Waals surface area contributed by atoms with E-state index in [-0.39, 0.29) is 22.7 Å². The van der Waals surface area contributed by atoms with Gasteiger partial charge in [0.25, 0.3) is 0 Å². The number of nitrogens with zero attached hydrogens (tertiary/aromatic N) is 4. The number of para-hydroxylation sites is 2. The molecule has 358 valence electrons. The van der Waals surface area contributed by atoms with Crippen LogP contribution in [0.2, 0.25) is 4.34 Å². The molecule has 0 aliphatic heterocycles. The molecule has 2 N–H and O–H groups in total. The van der Waals surface area contributed by atoms with E-state index in [4.69, 9.17) is 30.0 Å². The van der Waals surface area contributed by atoms with E-state index in [2.05, 4.69) is 15.5 Å². The van der Waals surface area contributed by atoms with Gasteiger partial charge in [0.1, 0.15) is 34.2 Å². The average Bonchev–Trinajstić information content (AvgIpc) is 4.24. The summed E-state index contributed by atoms with van der Waals surface area (Å²) in [5.41, 5.74) is 2.82. The number of aromatic carboxylic acids is 1. The molecular weight excluding hydrogens is 984 g/mol. The number of ketones is 1. The maximum atomic E-state index is 12.0. The first kappa shape index (κ1) is 52.3. The Kier molecular flexibility index (Phi) is 19.1. The quantitative estimate of drug-likeness (QED) is 0.0917. The fourth-order valence-corrected chi connectivity index (χ4v) is 9.71. The van der Waals surface area contributed by atoms with Crippen molar-refractivity contribution in [2.24, 2.45) is 0 Å². The predicted octanol–water partition coefficient (Wildman–Crippen LogP) is 14.8. The summed E-state index contributed by atoms with van der Waals surface area (Å²) in [6, 6.07) is 44.9. The molecule has 0 saturated heterocycles. The lowest BCUT2D eigenvalue weighted by atomic mass is 10.2. The number of carbonyl (C=O) groups excluding carboxylic acids is 1. The van der Waals surface area contributed by atoms with Gasteiger partial charge in [0.2, 0.25) is 5.16 Å². The molecule has 0 radical (unpaired) electrons. The summed E-state index contributed by atoms with van der Waals surface area (Å²) in [6.45, 7) is 11.6. The highest BCUT2D eigenvalue weighted by molar-refractivity contribution is 7.99. The van der Waals surface area contributed by atoms with E-state index in [0.717, 1.165) is 47.5 Å². The molecule has 4 aromatic carbocycles. The number of thiophene rings is 3. The molecule has 0 aliphatic rings. The molecule has 0 amide bonds. The third-order valence-corrected chi connectivity index (χ3v) is 13.7. The number of carboxylic acid groups (broad SMARTS) is 1. The summed E-state index contributed by atoms with van der Waals surface area (Å²) in [4.78, 5) is 36.9. The average molecular weight is 1030 g/mol. The van der Waals surface area contributed by atoms with Crippen molar-refractivity contribution in [3.8, 4) is 11.4 Å². The van der Waals surface area contributed by atoms with Crippen molar-refractivity contribution in [2.75, 3.05) is 5.75 Å². The smallest absolute Gasteiger partial charge is 0.339 e. The molecule has 0 unspecified atom stereocenters. The Morgan fingerprint density at radius 1 is 0.700 bits per heavy atom. The number of fused-ring (bicyclic) bond motifs is 3. The summed E-state index contributed by atoms with van der Waals surface area (Å²) in [5.74, 6) is 2.63. The summed E-state index contributed by atoms with van der Waals surface area (Å²) >= 11 is 11.4. The van der Waals surface area contributed by atoms with Crippen molar-refractivity contribution < 1.29 is 33.1 Å². The van der Waals surface area contributed by atoms with Crippen LogP contribution in [0.1, 0.15) is 52.6 Å². The van der Waals surface area contributed by atoms with E-state index in [1.54, 1.807) is 53.9 Å². The first-order valence-electron chi connectivity index (χ1n) is 21.3. The lowest BCUT2D eigenvalue weighted by Gasteiger charge is -2.04. The molecule has 0 atom stereocenters. The van der Waals surface area contributed by atoms with Crippen LogP contribution in [-0.2, 0) is 0 Å². The number of furan rings is 2. The van der Waals surface area contributed by atoms with Crippen molar-refractivity contribution in [1.82, 2.24) is 20.2 Å². The first-order chi connectivity index (χ1) is 33.6. The molecule has 11 rings (SSSR count). The zero-order valence-corrected chi connectivity index (χ0v) is 42.8. The number of tetrazole rings is 1. The molecule has 70 heavy (non-hydrogen) atoms. The summed E-state index contributed by atoms with van der Waals surface area (Å²) < 4.78 is 19.0. The van der Waals surface area contributed by atoms with Crippen molar-refractivity contribution in [1.29, 1.82) is 0 Å². The molecule has 0 spiro atoms. The topological polar surface area (TPSA) is 175 Å². The number of aryl methyl sites for hydroxylation is 6. The van der Waals surface area contributed by atoms with Crippen LogP contribution >= 0.6 is 57.4 Å². The van der Waals surface area contributed by atoms with Crippen LogP contribution in [-0.4, -0.2) is 47.9 Å². The summed E-state index contributed by atoms with van der Waals surface area (Å²) in [5, 5.41) is 35.3. The van der Waals surface area contributed by atoms with Crippen LogP contribution in [0.25, 0.3) is 37.7 Å². The highest BCUT2D eigenvalue weighted by Gasteiger charge is 2.14. The van der Waals surface area contributed by atoms with E-state index < -0.39 is 5.97 Å². The van der Waals surface area contributed by atoms with Gasteiger partial charge in [0, 0.05) is 36.2 Å². The molecule has 7 heterocycles. The number of aromatic nitrogens is 4. The van der Waals surface area contributed by atoms with Gasteiger partial charge in [0.15, 0.2) is 5.78 Å². The number of halogens is 1. The number of aromatic hydroxyl groups is 1. The minimum absolute atomic E-state index is 0.0146. The molecule has 0 bridgehead atoms. The van der Waals surface area contributed by atoms with Gasteiger partial charge in [-0.2, -0.15) is 4.68 Å². The van der Waals surface area contributed by atoms with E-state index in [1.165, 1.54) is 50.2 Å². The van der Waals surface area contributed by atoms with Gasteiger partial charge >= 0.3 is 11.6 Å².